The molecule has 0 radical (unpaired) electrons. The van der Waals surface area contributed by atoms with Crippen LogP contribution in [-0.2, 0) is 4.74 Å². The molecule has 0 bridgehead atoms. The molecule has 0 saturated carbocycles. The highest BCUT2D eigenvalue weighted by atomic mass is 32.2. The first kappa shape index (κ1) is 12.7. The number of hydrogen-bond donors (Lipinski definition) is 1. The average Bonchev–Trinajstić information content (AvgIpc) is 2.76. The van der Waals surface area contributed by atoms with Crippen LogP contribution in [0, 0.1) is 5.82 Å². The molecule has 1 aliphatic heterocycles. The van der Waals surface area contributed by atoms with Crippen molar-refractivity contribution in [1.82, 2.24) is 4.90 Å². The third kappa shape index (κ3) is 2.73. The van der Waals surface area contributed by atoms with Gasteiger partial charge in [0.25, 0.3) is 5.91 Å². The van der Waals surface area contributed by atoms with E-state index in [-0.39, 0.29) is 5.91 Å². The molecule has 1 saturated heterocycles. The van der Waals surface area contributed by atoms with E-state index in [9.17, 15) is 14.0 Å². The molecular weight excluding hydrogens is 261 g/mol. The predicted molar refractivity (Wildman–Crippen MR) is 62.8 cm³/mol. The Kier molecular flexibility index (Phi) is 3.71. The fourth-order valence-corrected chi connectivity index (χ4v) is 2.62. The first-order chi connectivity index (χ1) is 8.58. The van der Waals surface area contributed by atoms with Crippen LogP contribution in [0.3, 0.4) is 0 Å². The van der Waals surface area contributed by atoms with Crippen LogP contribution in [0.2, 0.25) is 0 Å². The Morgan fingerprint density at radius 3 is 2.67 bits per heavy atom. The lowest BCUT2D eigenvalue weighted by Crippen LogP contribution is -2.37. The van der Waals surface area contributed by atoms with E-state index in [0.29, 0.717) is 17.9 Å². The second-order valence-electron chi connectivity index (χ2n) is 3.57. The molecule has 0 spiro atoms. The van der Waals surface area contributed by atoms with E-state index in [0.717, 1.165) is 0 Å². The van der Waals surface area contributed by atoms with Crippen molar-refractivity contribution in [2.24, 2.45) is 0 Å². The Bertz CT molecular complexity index is 465. The van der Waals surface area contributed by atoms with E-state index >= 15 is 0 Å². The molecule has 2 rings (SSSR count). The minimum Gasteiger partial charge on any atom is -0.450 e. The third-order valence-electron chi connectivity index (χ3n) is 2.40. The Labute approximate surface area is 107 Å². The largest absolute Gasteiger partial charge is 0.508 e. The SMILES string of the molecule is O=C(O)OC1SCCN1C(=O)c1ccc(F)cc1. The Morgan fingerprint density at radius 2 is 2.06 bits per heavy atom. The molecule has 1 atom stereocenters. The van der Waals surface area contributed by atoms with Gasteiger partial charge in [-0.3, -0.25) is 9.69 Å². The van der Waals surface area contributed by atoms with Gasteiger partial charge in [0.15, 0.2) is 0 Å². The van der Waals surface area contributed by atoms with Gasteiger partial charge in [-0.25, -0.2) is 9.18 Å². The van der Waals surface area contributed by atoms with E-state index in [2.05, 4.69) is 4.74 Å². The van der Waals surface area contributed by atoms with Gasteiger partial charge in [-0.15, -0.1) is 0 Å². The number of nitrogens with zero attached hydrogens (tertiary/aromatic N) is 1. The summed E-state index contributed by atoms with van der Waals surface area (Å²) >= 11 is 1.23. The summed E-state index contributed by atoms with van der Waals surface area (Å²) in [5.74, 6) is -0.197. The molecule has 1 N–H and O–H groups in total. The molecule has 1 fully saturated rings. The summed E-state index contributed by atoms with van der Waals surface area (Å²) < 4.78 is 17.3. The summed E-state index contributed by atoms with van der Waals surface area (Å²) in [4.78, 5) is 23.9. The smallest absolute Gasteiger partial charge is 0.450 e. The van der Waals surface area contributed by atoms with Crippen molar-refractivity contribution in [1.29, 1.82) is 0 Å². The molecule has 0 aliphatic carbocycles. The van der Waals surface area contributed by atoms with Gasteiger partial charge in [-0.2, -0.15) is 0 Å². The van der Waals surface area contributed by atoms with Crippen LogP contribution in [0.25, 0.3) is 0 Å². The number of benzene rings is 1. The minimum absolute atomic E-state index is 0.304. The molecule has 5 nitrogen and oxygen atoms in total. The second-order valence-corrected chi connectivity index (χ2v) is 4.71. The molecule has 1 aromatic carbocycles. The lowest BCUT2D eigenvalue weighted by molar-refractivity contribution is 0.0218. The number of thioether (sulfide) groups is 1. The highest BCUT2D eigenvalue weighted by Crippen LogP contribution is 2.26. The van der Waals surface area contributed by atoms with Crippen LogP contribution < -0.4 is 0 Å². The molecule has 1 unspecified atom stereocenters. The van der Waals surface area contributed by atoms with Crippen LogP contribution in [0.4, 0.5) is 9.18 Å². The van der Waals surface area contributed by atoms with E-state index < -0.39 is 17.5 Å². The first-order valence-corrected chi connectivity index (χ1v) is 6.20. The number of ether oxygens (including phenoxy) is 1. The normalized spacial score (nSPS) is 18.7. The molecule has 1 heterocycles. The monoisotopic (exact) mass is 271 g/mol. The second kappa shape index (κ2) is 5.26. The maximum absolute atomic E-state index is 12.7. The summed E-state index contributed by atoms with van der Waals surface area (Å²) in [6, 6.07) is 5.09. The van der Waals surface area contributed by atoms with Crippen molar-refractivity contribution >= 4 is 23.8 Å². The number of carbonyl (C=O) groups is 2. The fourth-order valence-electron chi connectivity index (χ4n) is 1.59. The molecule has 1 amide bonds. The zero-order valence-electron chi connectivity index (χ0n) is 9.21. The molecule has 0 aromatic heterocycles. The maximum Gasteiger partial charge on any atom is 0.508 e. The molecule has 1 aromatic rings. The number of hydrogen-bond acceptors (Lipinski definition) is 4. The van der Waals surface area contributed by atoms with Crippen molar-refractivity contribution < 1.29 is 23.8 Å². The van der Waals surface area contributed by atoms with Crippen LogP contribution in [0.15, 0.2) is 24.3 Å². The van der Waals surface area contributed by atoms with Gasteiger partial charge in [0, 0.05) is 17.9 Å². The van der Waals surface area contributed by atoms with Gasteiger partial charge >= 0.3 is 6.16 Å². The van der Waals surface area contributed by atoms with E-state index in [4.69, 9.17) is 5.11 Å². The van der Waals surface area contributed by atoms with Crippen LogP contribution in [0.1, 0.15) is 10.4 Å². The molecule has 18 heavy (non-hydrogen) atoms. The standard InChI is InChI=1S/C11H10FNO4S/c12-8-3-1-7(2-4-8)9(14)13-5-6-18-10(13)17-11(15)16/h1-4,10H,5-6H2,(H,15,16). The number of carbonyl (C=O) groups excluding carboxylic acids is 1. The van der Waals surface area contributed by atoms with Crippen molar-refractivity contribution in [3.05, 3.63) is 35.6 Å². The maximum atomic E-state index is 12.7. The highest BCUT2D eigenvalue weighted by Gasteiger charge is 2.32. The number of halogens is 1. The topological polar surface area (TPSA) is 66.8 Å². The zero-order valence-corrected chi connectivity index (χ0v) is 10.0. The minimum atomic E-state index is -1.42. The fraction of sp³-hybridized carbons (Fsp3) is 0.273. The average molecular weight is 271 g/mol. The van der Waals surface area contributed by atoms with Gasteiger partial charge in [0.05, 0.1) is 0 Å². The van der Waals surface area contributed by atoms with Crippen molar-refractivity contribution in [3.8, 4) is 0 Å². The van der Waals surface area contributed by atoms with Crippen LogP contribution in [-0.4, -0.2) is 39.9 Å². The number of rotatable bonds is 2. The number of carboxylic acid groups (broad SMARTS) is 1. The molecule has 96 valence electrons. The van der Waals surface area contributed by atoms with E-state index in [1.54, 1.807) is 0 Å². The van der Waals surface area contributed by atoms with Crippen LogP contribution >= 0.6 is 11.8 Å². The summed E-state index contributed by atoms with van der Waals surface area (Å²) in [6.07, 6.45) is -1.42. The highest BCUT2D eigenvalue weighted by molar-refractivity contribution is 8.00. The first-order valence-electron chi connectivity index (χ1n) is 5.15. The van der Waals surface area contributed by atoms with Crippen molar-refractivity contribution in [2.75, 3.05) is 12.3 Å². The lowest BCUT2D eigenvalue weighted by Gasteiger charge is -2.22. The Hall–Kier alpha value is -1.76. The lowest BCUT2D eigenvalue weighted by atomic mass is 10.2. The molecular formula is C11H10FNO4S. The van der Waals surface area contributed by atoms with Gasteiger partial charge < -0.3 is 9.84 Å². The zero-order chi connectivity index (χ0) is 13.1. The quantitative estimate of drug-likeness (QED) is 0.833. The summed E-state index contributed by atoms with van der Waals surface area (Å²) in [5, 5.41) is 8.56. The predicted octanol–water partition coefficient (Wildman–Crippen LogP) is 1.99. The Morgan fingerprint density at radius 1 is 1.39 bits per heavy atom. The van der Waals surface area contributed by atoms with Crippen molar-refractivity contribution in [3.63, 3.8) is 0 Å². The number of amides is 1. The summed E-state index contributed by atoms with van der Waals surface area (Å²) in [6.45, 7) is 0.402. The summed E-state index contributed by atoms with van der Waals surface area (Å²) in [7, 11) is 0. The van der Waals surface area contributed by atoms with Crippen molar-refractivity contribution in [2.45, 2.75) is 5.56 Å². The molecule has 7 heteroatoms. The van der Waals surface area contributed by atoms with Gasteiger partial charge in [0.1, 0.15) is 5.82 Å². The van der Waals surface area contributed by atoms with E-state index in [1.807, 2.05) is 0 Å². The van der Waals surface area contributed by atoms with E-state index in [1.165, 1.54) is 40.9 Å². The molecule has 1 aliphatic rings. The van der Waals surface area contributed by atoms with Crippen LogP contribution in [0.5, 0.6) is 0 Å². The van der Waals surface area contributed by atoms with Gasteiger partial charge in [0.2, 0.25) is 5.56 Å². The third-order valence-corrected chi connectivity index (χ3v) is 3.45. The Balaban J connectivity index is 2.12. The van der Waals surface area contributed by atoms with Gasteiger partial charge in [-0.05, 0) is 24.3 Å². The summed E-state index contributed by atoms with van der Waals surface area (Å²) in [5.41, 5.74) is -0.530. The van der Waals surface area contributed by atoms with Gasteiger partial charge in [-0.1, -0.05) is 11.8 Å².